The van der Waals surface area contributed by atoms with Crippen LogP contribution in [0.1, 0.15) is 30.0 Å². The van der Waals surface area contributed by atoms with Crippen molar-refractivity contribution < 1.29 is 5.11 Å². The molecule has 1 unspecified atom stereocenters. The average molecular weight is 322 g/mol. The van der Waals surface area contributed by atoms with Crippen LogP contribution < -0.4 is 10.9 Å². The van der Waals surface area contributed by atoms with Crippen molar-refractivity contribution in [3.05, 3.63) is 82.1 Å². The maximum Gasteiger partial charge on any atom is 0.252 e. The first-order valence-electron chi connectivity index (χ1n) is 8.28. The highest BCUT2D eigenvalue weighted by molar-refractivity contribution is 5.78. The Morgan fingerprint density at radius 2 is 1.79 bits per heavy atom. The molecule has 0 fully saturated rings. The number of hydrogen-bond acceptors (Lipinski definition) is 3. The largest absolute Gasteiger partial charge is 0.396 e. The molecule has 0 aliphatic rings. The van der Waals surface area contributed by atoms with E-state index in [1.54, 1.807) is 0 Å². The molecule has 0 bridgehead atoms. The van der Waals surface area contributed by atoms with Crippen LogP contribution in [-0.4, -0.2) is 16.7 Å². The molecule has 4 nitrogen and oxygen atoms in total. The summed E-state index contributed by atoms with van der Waals surface area (Å²) >= 11 is 0. The van der Waals surface area contributed by atoms with E-state index >= 15 is 0 Å². The SMILES string of the molecule is O=c1[nH]c2ccccc2cc1CNC(CCCO)c1ccccc1. The summed E-state index contributed by atoms with van der Waals surface area (Å²) in [6.07, 6.45) is 1.55. The summed E-state index contributed by atoms with van der Waals surface area (Å²) in [5.74, 6) is 0. The van der Waals surface area contributed by atoms with E-state index in [9.17, 15) is 4.79 Å². The zero-order chi connectivity index (χ0) is 16.8. The first-order chi connectivity index (χ1) is 11.8. The number of benzene rings is 2. The molecule has 124 valence electrons. The standard InChI is InChI=1S/C20H22N2O2/c23-12-6-11-18(15-7-2-1-3-8-15)21-14-17-13-16-9-4-5-10-19(16)22-20(17)24/h1-5,7-10,13,18,21,23H,6,11-12,14H2,(H,22,24). The summed E-state index contributed by atoms with van der Waals surface area (Å²) in [5.41, 5.74) is 2.68. The number of aliphatic hydroxyl groups excluding tert-OH is 1. The maximum atomic E-state index is 12.3. The predicted octanol–water partition coefficient (Wildman–Crippen LogP) is 3.13. The van der Waals surface area contributed by atoms with Gasteiger partial charge in [-0.05, 0) is 35.9 Å². The van der Waals surface area contributed by atoms with Gasteiger partial charge in [-0.15, -0.1) is 0 Å². The van der Waals surface area contributed by atoms with E-state index < -0.39 is 0 Å². The number of pyridine rings is 1. The predicted molar refractivity (Wildman–Crippen MR) is 96.9 cm³/mol. The van der Waals surface area contributed by atoms with Crippen LogP contribution in [0.5, 0.6) is 0 Å². The van der Waals surface area contributed by atoms with Gasteiger partial charge in [0.1, 0.15) is 0 Å². The molecule has 0 saturated carbocycles. The lowest BCUT2D eigenvalue weighted by Crippen LogP contribution is -2.25. The van der Waals surface area contributed by atoms with Crippen LogP contribution in [0.2, 0.25) is 0 Å². The van der Waals surface area contributed by atoms with E-state index in [1.165, 1.54) is 5.56 Å². The fourth-order valence-electron chi connectivity index (χ4n) is 2.92. The fraction of sp³-hybridized carbons (Fsp3) is 0.250. The second-order valence-corrected chi connectivity index (χ2v) is 5.92. The molecule has 0 saturated heterocycles. The Hall–Kier alpha value is -2.43. The highest BCUT2D eigenvalue weighted by Crippen LogP contribution is 2.19. The molecular formula is C20H22N2O2. The molecule has 24 heavy (non-hydrogen) atoms. The first-order valence-corrected chi connectivity index (χ1v) is 8.28. The van der Waals surface area contributed by atoms with Crippen molar-refractivity contribution in [3.8, 4) is 0 Å². The van der Waals surface area contributed by atoms with Crippen LogP contribution >= 0.6 is 0 Å². The number of nitrogens with one attached hydrogen (secondary N) is 2. The van der Waals surface area contributed by atoms with Crippen LogP contribution in [-0.2, 0) is 6.54 Å². The van der Waals surface area contributed by atoms with Gasteiger partial charge in [0, 0.05) is 30.3 Å². The van der Waals surface area contributed by atoms with Crippen molar-refractivity contribution in [1.29, 1.82) is 0 Å². The quantitative estimate of drug-likeness (QED) is 0.626. The third-order valence-corrected chi connectivity index (χ3v) is 4.22. The van der Waals surface area contributed by atoms with Gasteiger partial charge in [0.05, 0.1) is 0 Å². The molecule has 1 heterocycles. The summed E-state index contributed by atoms with van der Waals surface area (Å²) < 4.78 is 0. The maximum absolute atomic E-state index is 12.3. The lowest BCUT2D eigenvalue weighted by molar-refractivity contribution is 0.275. The number of aromatic amines is 1. The number of hydrogen-bond donors (Lipinski definition) is 3. The van der Waals surface area contributed by atoms with Gasteiger partial charge in [0.25, 0.3) is 5.56 Å². The Kier molecular flexibility index (Phi) is 5.41. The highest BCUT2D eigenvalue weighted by atomic mass is 16.2. The van der Waals surface area contributed by atoms with Gasteiger partial charge >= 0.3 is 0 Å². The molecule has 3 aromatic rings. The van der Waals surface area contributed by atoms with Gasteiger partial charge in [-0.3, -0.25) is 4.79 Å². The molecule has 2 aromatic carbocycles. The molecule has 3 rings (SSSR count). The van der Waals surface area contributed by atoms with Crippen molar-refractivity contribution in [1.82, 2.24) is 10.3 Å². The monoisotopic (exact) mass is 322 g/mol. The van der Waals surface area contributed by atoms with E-state index in [2.05, 4.69) is 22.4 Å². The molecule has 1 aromatic heterocycles. The van der Waals surface area contributed by atoms with Crippen molar-refractivity contribution in [2.45, 2.75) is 25.4 Å². The van der Waals surface area contributed by atoms with Crippen LogP contribution in [0.3, 0.4) is 0 Å². The number of fused-ring (bicyclic) bond motifs is 1. The number of H-pyrrole nitrogens is 1. The van der Waals surface area contributed by atoms with E-state index in [1.807, 2.05) is 48.5 Å². The normalized spacial score (nSPS) is 12.4. The number of aliphatic hydroxyl groups is 1. The third kappa shape index (κ3) is 3.91. The Morgan fingerprint density at radius 1 is 1.04 bits per heavy atom. The van der Waals surface area contributed by atoms with Gasteiger partial charge in [0.15, 0.2) is 0 Å². The van der Waals surface area contributed by atoms with Crippen molar-refractivity contribution in [2.24, 2.45) is 0 Å². The molecule has 3 N–H and O–H groups in total. The lowest BCUT2D eigenvalue weighted by atomic mass is 10.0. The van der Waals surface area contributed by atoms with E-state index in [0.29, 0.717) is 6.54 Å². The average Bonchev–Trinajstić information content (AvgIpc) is 2.62. The van der Waals surface area contributed by atoms with E-state index in [4.69, 9.17) is 5.11 Å². The minimum Gasteiger partial charge on any atom is -0.396 e. The Balaban J connectivity index is 1.79. The molecule has 0 amide bonds. The van der Waals surface area contributed by atoms with Gasteiger partial charge in [-0.25, -0.2) is 0 Å². The molecule has 0 radical (unpaired) electrons. The first kappa shape index (κ1) is 16.4. The van der Waals surface area contributed by atoms with Gasteiger partial charge in [-0.2, -0.15) is 0 Å². The molecule has 0 aliphatic heterocycles. The number of rotatable bonds is 7. The summed E-state index contributed by atoms with van der Waals surface area (Å²) in [6.45, 7) is 0.659. The molecule has 0 spiro atoms. The Bertz CT molecular complexity index is 843. The second-order valence-electron chi connectivity index (χ2n) is 5.92. The van der Waals surface area contributed by atoms with Crippen LogP contribution in [0, 0.1) is 0 Å². The highest BCUT2D eigenvalue weighted by Gasteiger charge is 2.11. The Labute approximate surface area is 141 Å². The van der Waals surface area contributed by atoms with Crippen LogP contribution in [0.4, 0.5) is 0 Å². The summed E-state index contributed by atoms with van der Waals surface area (Å²) in [5, 5.41) is 13.6. The van der Waals surface area contributed by atoms with Gasteiger partial charge in [0.2, 0.25) is 0 Å². The molecular weight excluding hydrogens is 300 g/mol. The van der Waals surface area contributed by atoms with Crippen molar-refractivity contribution in [3.63, 3.8) is 0 Å². The van der Waals surface area contributed by atoms with Crippen LogP contribution in [0.15, 0.2) is 65.5 Å². The van der Waals surface area contributed by atoms with Gasteiger partial charge < -0.3 is 15.4 Å². The zero-order valence-electron chi connectivity index (χ0n) is 13.5. The lowest BCUT2D eigenvalue weighted by Gasteiger charge is -2.19. The smallest absolute Gasteiger partial charge is 0.252 e. The topological polar surface area (TPSA) is 65.1 Å². The van der Waals surface area contributed by atoms with Gasteiger partial charge in [-0.1, -0.05) is 48.5 Å². The second kappa shape index (κ2) is 7.90. The summed E-state index contributed by atoms with van der Waals surface area (Å²) in [4.78, 5) is 15.2. The van der Waals surface area contributed by atoms with Crippen LogP contribution in [0.25, 0.3) is 10.9 Å². The van der Waals surface area contributed by atoms with Crippen molar-refractivity contribution in [2.75, 3.05) is 6.61 Å². The molecule has 0 aliphatic carbocycles. The third-order valence-electron chi connectivity index (χ3n) is 4.22. The number of para-hydroxylation sites is 1. The summed E-state index contributed by atoms with van der Waals surface area (Å²) in [7, 11) is 0. The van der Waals surface area contributed by atoms with E-state index in [0.717, 1.165) is 29.3 Å². The molecule has 4 heteroatoms. The summed E-state index contributed by atoms with van der Waals surface area (Å²) in [6, 6.07) is 20.0. The fourth-order valence-corrected chi connectivity index (χ4v) is 2.92. The molecule has 1 atom stereocenters. The minimum absolute atomic E-state index is 0.0600. The minimum atomic E-state index is -0.0600. The number of aromatic nitrogens is 1. The van der Waals surface area contributed by atoms with E-state index in [-0.39, 0.29) is 18.2 Å². The van der Waals surface area contributed by atoms with Crippen molar-refractivity contribution >= 4 is 10.9 Å². The Morgan fingerprint density at radius 3 is 2.58 bits per heavy atom. The zero-order valence-corrected chi connectivity index (χ0v) is 13.5.